The van der Waals surface area contributed by atoms with Crippen molar-refractivity contribution in [3.05, 3.63) is 35.4 Å². The van der Waals surface area contributed by atoms with Gasteiger partial charge in [-0.3, -0.25) is 0 Å². The van der Waals surface area contributed by atoms with Crippen LogP contribution in [0, 0.1) is 0 Å². The lowest BCUT2D eigenvalue weighted by atomic mass is 10.1. The third-order valence-electron chi connectivity index (χ3n) is 3.08. The van der Waals surface area contributed by atoms with Gasteiger partial charge in [-0.25, -0.2) is 4.99 Å². The largest absolute Gasteiger partial charge is 0.377 e. The quantitative estimate of drug-likeness (QED) is 0.417. The van der Waals surface area contributed by atoms with Gasteiger partial charge in [0.1, 0.15) is 0 Å². The Kier molecular flexibility index (Phi) is 9.29. The molecule has 1 aromatic carbocycles. The van der Waals surface area contributed by atoms with Crippen LogP contribution in [0.3, 0.4) is 0 Å². The number of guanidine groups is 1. The lowest BCUT2D eigenvalue weighted by Crippen LogP contribution is -2.37. The Bertz CT molecular complexity index is 401. The molecule has 4 nitrogen and oxygen atoms in total. The lowest BCUT2D eigenvalue weighted by molar-refractivity contribution is 0.134. The van der Waals surface area contributed by atoms with Crippen LogP contribution in [0.25, 0.3) is 0 Å². The van der Waals surface area contributed by atoms with Crippen LogP contribution in [-0.2, 0) is 17.9 Å². The van der Waals surface area contributed by atoms with Crippen molar-refractivity contribution in [3.63, 3.8) is 0 Å². The second-order valence-corrected chi connectivity index (χ2v) is 4.93. The van der Waals surface area contributed by atoms with Gasteiger partial charge in [-0.15, -0.1) is 0 Å². The number of unbranched alkanes of at least 4 members (excludes halogenated alkanes) is 1. The monoisotopic (exact) mass is 291 g/mol. The molecule has 0 radical (unpaired) electrons. The first kappa shape index (κ1) is 17.5. The van der Waals surface area contributed by atoms with E-state index >= 15 is 0 Å². The number of rotatable bonds is 9. The van der Waals surface area contributed by atoms with E-state index in [4.69, 9.17) is 4.74 Å². The minimum absolute atomic E-state index is 0.682. The highest BCUT2D eigenvalue weighted by Crippen LogP contribution is 2.07. The summed E-state index contributed by atoms with van der Waals surface area (Å²) in [5, 5.41) is 6.62. The van der Waals surface area contributed by atoms with E-state index in [2.05, 4.69) is 53.7 Å². The summed E-state index contributed by atoms with van der Waals surface area (Å²) in [6.07, 6.45) is 2.35. The normalized spacial score (nSPS) is 11.5. The predicted octanol–water partition coefficient (Wildman–Crippen LogP) is 3.08. The molecular formula is C17H29N3O. The maximum Gasteiger partial charge on any atom is 0.191 e. The summed E-state index contributed by atoms with van der Waals surface area (Å²) in [6.45, 7) is 10.3. The van der Waals surface area contributed by atoms with Gasteiger partial charge in [0.15, 0.2) is 5.96 Å². The van der Waals surface area contributed by atoms with Crippen molar-refractivity contribution < 1.29 is 4.74 Å². The first-order chi connectivity index (χ1) is 10.3. The molecule has 0 saturated carbocycles. The van der Waals surface area contributed by atoms with Gasteiger partial charge in [0.2, 0.25) is 0 Å². The third kappa shape index (κ3) is 7.71. The van der Waals surface area contributed by atoms with Gasteiger partial charge < -0.3 is 15.4 Å². The summed E-state index contributed by atoms with van der Waals surface area (Å²) in [7, 11) is 0. The Hall–Kier alpha value is -1.55. The Labute approximate surface area is 129 Å². The van der Waals surface area contributed by atoms with Crippen LogP contribution in [0.4, 0.5) is 0 Å². The van der Waals surface area contributed by atoms with E-state index in [-0.39, 0.29) is 0 Å². The molecule has 0 unspecified atom stereocenters. The molecule has 0 aliphatic heterocycles. The zero-order valence-electron chi connectivity index (χ0n) is 13.6. The number of nitrogens with one attached hydrogen (secondary N) is 2. The molecule has 1 aromatic rings. The van der Waals surface area contributed by atoms with Crippen LogP contribution in [0.2, 0.25) is 0 Å². The summed E-state index contributed by atoms with van der Waals surface area (Å²) in [5.74, 6) is 0.893. The van der Waals surface area contributed by atoms with Gasteiger partial charge in [-0.1, -0.05) is 37.6 Å². The van der Waals surface area contributed by atoms with Crippen LogP contribution >= 0.6 is 0 Å². The van der Waals surface area contributed by atoms with Crippen molar-refractivity contribution in [2.75, 3.05) is 19.7 Å². The van der Waals surface area contributed by atoms with Crippen molar-refractivity contribution >= 4 is 5.96 Å². The number of aliphatic imine (C=N–C) groups is 1. The van der Waals surface area contributed by atoms with E-state index in [1.807, 2.05) is 6.92 Å². The maximum atomic E-state index is 5.40. The van der Waals surface area contributed by atoms with Gasteiger partial charge in [0.25, 0.3) is 0 Å². The number of benzene rings is 1. The van der Waals surface area contributed by atoms with E-state index in [1.54, 1.807) is 0 Å². The minimum atomic E-state index is 0.682. The van der Waals surface area contributed by atoms with E-state index in [9.17, 15) is 0 Å². The second-order valence-electron chi connectivity index (χ2n) is 4.93. The van der Waals surface area contributed by atoms with E-state index in [0.717, 1.165) is 32.1 Å². The summed E-state index contributed by atoms with van der Waals surface area (Å²) in [6, 6.07) is 8.46. The predicted molar refractivity (Wildman–Crippen MR) is 89.5 cm³/mol. The Morgan fingerprint density at radius 3 is 2.38 bits per heavy atom. The second kappa shape index (κ2) is 11.1. The molecule has 4 heteroatoms. The molecule has 0 saturated heterocycles. The van der Waals surface area contributed by atoms with Crippen LogP contribution in [0.15, 0.2) is 29.3 Å². The molecule has 0 spiro atoms. The molecular weight excluding hydrogens is 262 g/mol. The SMILES string of the molecule is CCCCNC(=NCc1ccc(COCC)cc1)NCC. The number of hydrogen-bond donors (Lipinski definition) is 2. The smallest absolute Gasteiger partial charge is 0.191 e. The first-order valence-electron chi connectivity index (χ1n) is 7.97. The van der Waals surface area contributed by atoms with Gasteiger partial charge >= 0.3 is 0 Å². The number of hydrogen-bond acceptors (Lipinski definition) is 2. The Morgan fingerprint density at radius 1 is 1.05 bits per heavy atom. The topological polar surface area (TPSA) is 45.7 Å². The fraction of sp³-hybridized carbons (Fsp3) is 0.588. The average Bonchev–Trinajstić information content (AvgIpc) is 2.52. The highest BCUT2D eigenvalue weighted by Gasteiger charge is 1.98. The molecule has 0 atom stereocenters. The standard InChI is InChI=1S/C17H29N3O/c1-4-7-12-19-17(18-5-2)20-13-15-8-10-16(11-9-15)14-21-6-3/h8-11H,4-7,12-14H2,1-3H3,(H2,18,19,20). The van der Waals surface area contributed by atoms with Gasteiger partial charge in [0, 0.05) is 19.7 Å². The Morgan fingerprint density at radius 2 is 1.76 bits per heavy atom. The van der Waals surface area contributed by atoms with Gasteiger partial charge in [-0.05, 0) is 31.4 Å². The number of nitrogens with zero attached hydrogens (tertiary/aromatic N) is 1. The summed E-state index contributed by atoms with van der Waals surface area (Å²) < 4.78 is 5.40. The molecule has 0 aliphatic rings. The summed E-state index contributed by atoms with van der Waals surface area (Å²) in [4.78, 5) is 4.61. The van der Waals surface area contributed by atoms with Crippen molar-refractivity contribution in [3.8, 4) is 0 Å². The molecule has 2 N–H and O–H groups in total. The van der Waals surface area contributed by atoms with Gasteiger partial charge in [-0.2, -0.15) is 0 Å². The Balaban J connectivity index is 2.50. The summed E-state index contributed by atoms with van der Waals surface area (Å²) in [5.41, 5.74) is 2.42. The van der Waals surface area contributed by atoms with Crippen LogP contribution in [0.1, 0.15) is 44.7 Å². The zero-order chi connectivity index (χ0) is 15.3. The zero-order valence-corrected chi connectivity index (χ0v) is 13.6. The average molecular weight is 291 g/mol. The molecule has 1 rings (SSSR count). The maximum absolute atomic E-state index is 5.40. The highest BCUT2D eigenvalue weighted by atomic mass is 16.5. The van der Waals surface area contributed by atoms with Crippen molar-refractivity contribution in [1.82, 2.24) is 10.6 Å². The molecule has 118 valence electrons. The molecule has 0 aliphatic carbocycles. The van der Waals surface area contributed by atoms with Crippen molar-refractivity contribution in [1.29, 1.82) is 0 Å². The highest BCUT2D eigenvalue weighted by molar-refractivity contribution is 5.79. The molecule has 0 aromatic heterocycles. The first-order valence-corrected chi connectivity index (χ1v) is 7.97. The third-order valence-corrected chi connectivity index (χ3v) is 3.08. The van der Waals surface area contributed by atoms with E-state index < -0.39 is 0 Å². The molecule has 21 heavy (non-hydrogen) atoms. The van der Waals surface area contributed by atoms with E-state index in [0.29, 0.717) is 13.2 Å². The van der Waals surface area contributed by atoms with Crippen LogP contribution in [-0.4, -0.2) is 25.7 Å². The van der Waals surface area contributed by atoms with Crippen molar-refractivity contribution in [2.45, 2.75) is 46.8 Å². The fourth-order valence-corrected chi connectivity index (χ4v) is 1.86. The van der Waals surface area contributed by atoms with Crippen LogP contribution < -0.4 is 10.6 Å². The summed E-state index contributed by atoms with van der Waals surface area (Å²) >= 11 is 0. The molecule has 0 bridgehead atoms. The minimum Gasteiger partial charge on any atom is -0.377 e. The van der Waals surface area contributed by atoms with Gasteiger partial charge in [0.05, 0.1) is 13.2 Å². The van der Waals surface area contributed by atoms with Crippen molar-refractivity contribution in [2.24, 2.45) is 4.99 Å². The lowest BCUT2D eigenvalue weighted by Gasteiger charge is -2.10. The fourth-order valence-electron chi connectivity index (χ4n) is 1.86. The molecule has 0 fully saturated rings. The molecule has 0 amide bonds. The number of ether oxygens (including phenoxy) is 1. The molecule has 0 heterocycles. The van der Waals surface area contributed by atoms with E-state index in [1.165, 1.54) is 17.5 Å². The van der Waals surface area contributed by atoms with Crippen LogP contribution in [0.5, 0.6) is 0 Å².